The van der Waals surface area contributed by atoms with E-state index in [0.29, 0.717) is 49.0 Å². The van der Waals surface area contributed by atoms with E-state index >= 15 is 0 Å². The minimum atomic E-state index is -0.126. The maximum atomic E-state index is 13.0. The van der Waals surface area contributed by atoms with Crippen LogP contribution >= 0.6 is 11.6 Å². The maximum absolute atomic E-state index is 13.0. The molecule has 1 fully saturated rings. The third kappa shape index (κ3) is 4.53. The van der Waals surface area contributed by atoms with E-state index in [9.17, 15) is 9.59 Å². The second-order valence-corrected chi connectivity index (χ2v) is 10.1. The molecule has 1 aromatic carbocycles. The van der Waals surface area contributed by atoms with Crippen LogP contribution in [0.5, 0.6) is 0 Å². The first-order valence-electron chi connectivity index (χ1n) is 12.5. The van der Waals surface area contributed by atoms with Gasteiger partial charge in [-0.2, -0.15) is 0 Å². The van der Waals surface area contributed by atoms with Gasteiger partial charge in [-0.15, -0.1) is 10.2 Å². The molecule has 0 spiro atoms. The highest BCUT2D eigenvalue weighted by atomic mass is 35.5. The Morgan fingerprint density at radius 2 is 1.97 bits per heavy atom. The molecule has 1 saturated heterocycles. The number of carbonyl (C=O) groups is 1. The zero-order valence-electron chi connectivity index (χ0n) is 21.1. The number of piperidine rings is 1. The number of aromatic amines is 1. The molecule has 38 heavy (non-hydrogen) atoms. The lowest BCUT2D eigenvalue weighted by atomic mass is 10.0. The van der Waals surface area contributed by atoms with Crippen LogP contribution in [0.4, 0.5) is 5.82 Å². The summed E-state index contributed by atoms with van der Waals surface area (Å²) in [6.45, 7) is 3.73. The van der Waals surface area contributed by atoms with E-state index in [4.69, 9.17) is 16.0 Å². The van der Waals surface area contributed by atoms with Crippen molar-refractivity contribution in [2.24, 2.45) is 7.05 Å². The lowest BCUT2D eigenvalue weighted by Gasteiger charge is -2.32. The van der Waals surface area contributed by atoms with Crippen molar-refractivity contribution in [2.45, 2.75) is 32.2 Å². The molecular formula is C26H27ClN8O3. The van der Waals surface area contributed by atoms with Gasteiger partial charge in [0.15, 0.2) is 0 Å². The molecule has 0 saturated carbocycles. The number of benzene rings is 1. The van der Waals surface area contributed by atoms with Gasteiger partial charge >= 0.3 is 5.69 Å². The maximum Gasteiger partial charge on any atom is 0.327 e. The molecule has 5 heterocycles. The number of nitrogens with one attached hydrogen (secondary N) is 2. The number of imidazole rings is 2. The van der Waals surface area contributed by atoms with Crippen LogP contribution in [-0.2, 0) is 18.3 Å². The lowest BCUT2D eigenvalue weighted by molar-refractivity contribution is -0.132. The van der Waals surface area contributed by atoms with Crippen LogP contribution in [0.15, 0.2) is 39.7 Å². The van der Waals surface area contributed by atoms with Crippen molar-refractivity contribution in [3.63, 3.8) is 0 Å². The van der Waals surface area contributed by atoms with E-state index < -0.39 is 0 Å². The SMILES string of the molecule is Cc1cn(C)c(-c2cc(Cl)cc(-c3nnc(CC(=O)N4CCC(n5c6c([nH]c5=O)NCC=C6)CC4)o3)c2)n1. The van der Waals surface area contributed by atoms with E-state index in [1.54, 1.807) is 15.5 Å². The fourth-order valence-corrected chi connectivity index (χ4v) is 5.47. The molecule has 4 aromatic rings. The Kier molecular flexibility index (Phi) is 6.15. The van der Waals surface area contributed by atoms with E-state index in [2.05, 4.69) is 25.5 Å². The van der Waals surface area contributed by atoms with Crippen LogP contribution < -0.4 is 11.0 Å². The quantitative estimate of drug-likeness (QED) is 0.401. The number of carbonyl (C=O) groups excluding carboxylic acids is 1. The van der Waals surface area contributed by atoms with Crippen LogP contribution in [-0.4, -0.2) is 59.7 Å². The summed E-state index contributed by atoms with van der Waals surface area (Å²) in [5.74, 6) is 1.98. The van der Waals surface area contributed by atoms with Crippen molar-refractivity contribution >= 4 is 29.4 Å². The van der Waals surface area contributed by atoms with Crippen LogP contribution in [0.1, 0.15) is 36.2 Å². The van der Waals surface area contributed by atoms with Crippen molar-refractivity contribution in [1.29, 1.82) is 0 Å². The largest absolute Gasteiger partial charge is 0.420 e. The van der Waals surface area contributed by atoms with Crippen LogP contribution in [0.3, 0.4) is 0 Å². The van der Waals surface area contributed by atoms with Crippen molar-refractivity contribution in [2.75, 3.05) is 25.0 Å². The molecule has 0 bridgehead atoms. The summed E-state index contributed by atoms with van der Waals surface area (Å²) in [6, 6.07) is 5.51. The molecule has 0 unspecified atom stereocenters. The average Bonchev–Trinajstić information content (AvgIpc) is 3.59. The highest BCUT2D eigenvalue weighted by Gasteiger charge is 2.28. The third-order valence-corrected chi connectivity index (χ3v) is 7.21. The average molecular weight is 535 g/mol. The van der Waals surface area contributed by atoms with Crippen molar-refractivity contribution in [1.82, 2.24) is 34.2 Å². The number of amides is 1. The Morgan fingerprint density at radius 1 is 1.18 bits per heavy atom. The monoisotopic (exact) mass is 534 g/mol. The Bertz CT molecular complexity index is 1600. The Balaban J connectivity index is 1.12. The van der Waals surface area contributed by atoms with Gasteiger partial charge in [0, 0.05) is 55.1 Å². The number of nitrogens with zero attached hydrogens (tertiary/aromatic N) is 6. The predicted octanol–water partition coefficient (Wildman–Crippen LogP) is 3.43. The number of hydrogen-bond donors (Lipinski definition) is 2. The van der Waals surface area contributed by atoms with Crippen LogP contribution in [0.25, 0.3) is 28.9 Å². The molecule has 196 valence electrons. The summed E-state index contributed by atoms with van der Waals surface area (Å²) in [5.41, 5.74) is 3.13. The molecule has 6 rings (SSSR count). The molecule has 3 aromatic heterocycles. The first-order valence-corrected chi connectivity index (χ1v) is 12.9. The first-order chi connectivity index (χ1) is 18.4. The summed E-state index contributed by atoms with van der Waals surface area (Å²) in [7, 11) is 1.92. The molecule has 0 atom stereocenters. The summed E-state index contributed by atoms with van der Waals surface area (Å²) >= 11 is 6.38. The number of aryl methyl sites for hydroxylation is 2. The van der Waals surface area contributed by atoms with Gasteiger partial charge in [0.2, 0.25) is 17.7 Å². The van der Waals surface area contributed by atoms with Crippen LogP contribution in [0.2, 0.25) is 5.02 Å². The molecule has 2 N–H and O–H groups in total. The second kappa shape index (κ2) is 9.64. The number of likely N-dealkylation sites (tertiary alicyclic amines) is 1. The van der Waals surface area contributed by atoms with Crippen LogP contribution in [0, 0.1) is 6.92 Å². The number of H-pyrrole nitrogens is 1. The Labute approximate surface area is 223 Å². The standard InChI is InChI=1S/C26H27ClN8O3/c1-15-14-33(2)24(29-15)16-10-17(12-18(27)11-16)25-32-31-21(38-25)13-22(36)34-8-5-19(6-9-34)35-20-4-3-7-28-23(20)30-26(35)37/h3-4,10-12,14,19,28H,5-9,13H2,1-2H3,(H,30,37). The topological polar surface area (TPSA) is 127 Å². The molecule has 1 amide bonds. The lowest BCUT2D eigenvalue weighted by Crippen LogP contribution is -2.41. The van der Waals surface area contributed by atoms with Crippen molar-refractivity contribution in [3.05, 3.63) is 63.3 Å². The molecule has 11 nitrogen and oxygen atoms in total. The highest BCUT2D eigenvalue weighted by Crippen LogP contribution is 2.30. The van der Waals surface area contributed by atoms with Gasteiger partial charge in [0.25, 0.3) is 0 Å². The number of hydrogen-bond acceptors (Lipinski definition) is 7. The molecular weight excluding hydrogens is 508 g/mol. The smallest absolute Gasteiger partial charge is 0.327 e. The van der Waals surface area contributed by atoms with E-state index in [1.807, 2.05) is 49.0 Å². The van der Waals surface area contributed by atoms with Gasteiger partial charge in [-0.1, -0.05) is 17.7 Å². The minimum absolute atomic E-state index is 0.00973. The van der Waals surface area contributed by atoms with Gasteiger partial charge in [0.1, 0.15) is 18.1 Å². The van der Waals surface area contributed by atoms with E-state index in [1.165, 1.54) is 0 Å². The highest BCUT2D eigenvalue weighted by molar-refractivity contribution is 6.31. The number of fused-ring (bicyclic) bond motifs is 1. The number of halogens is 1. The predicted molar refractivity (Wildman–Crippen MR) is 143 cm³/mol. The zero-order valence-corrected chi connectivity index (χ0v) is 21.8. The Morgan fingerprint density at radius 3 is 2.74 bits per heavy atom. The van der Waals surface area contributed by atoms with Gasteiger partial charge in [-0.25, -0.2) is 9.78 Å². The van der Waals surface area contributed by atoms with Gasteiger partial charge in [-0.3, -0.25) is 14.3 Å². The molecule has 12 heteroatoms. The summed E-state index contributed by atoms with van der Waals surface area (Å²) in [4.78, 5) is 34.8. The van der Waals surface area contributed by atoms with E-state index in [0.717, 1.165) is 28.6 Å². The number of aromatic nitrogens is 6. The normalized spacial score (nSPS) is 15.5. The summed E-state index contributed by atoms with van der Waals surface area (Å²) in [6.07, 6.45) is 7.29. The number of rotatable bonds is 5. The van der Waals surface area contributed by atoms with Crippen molar-refractivity contribution < 1.29 is 9.21 Å². The summed E-state index contributed by atoms with van der Waals surface area (Å²) < 4.78 is 9.58. The Hall–Kier alpha value is -4.12. The molecule has 0 aliphatic carbocycles. The molecule has 2 aliphatic rings. The molecule has 2 aliphatic heterocycles. The van der Waals surface area contributed by atoms with E-state index in [-0.39, 0.29) is 30.0 Å². The second-order valence-electron chi connectivity index (χ2n) is 9.68. The zero-order chi connectivity index (χ0) is 26.4. The fraction of sp³-hybridized carbons (Fsp3) is 0.346. The minimum Gasteiger partial charge on any atom is -0.420 e. The first kappa shape index (κ1) is 24.2. The van der Waals surface area contributed by atoms with Gasteiger partial charge in [0.05, 0.1) is 11.4 Å². The molecule has 0 radical (unpaired) electrons. The third-order valence-electron chi connectivity index (χ3n) is 6.99. The van der Waals surface area contributed by atoms with Crippen molar-refractivity contribution in [3.8, 4) is 22.8 Å². The number of anilines is 1. The van der Waals surface area contributed by atoms with Gasteiger partial charge in [-0.05, 0) is 44.0 Å². The summed E-state index contributed by atoms with van der Waals surface area (Å²) in [5, 5.41) is 12.0. The fourth-order valence-electron chi connectivity index (χ4n) is 5.24. The van der Waals surface area contributed by atoms with Gasteiger partial charge < -0.3 is 19.2 Å².